The van der Waals surface area contributed by atoms with E-state index in [9.17, 15) is 4.79 Å². The Kier molecular flexibility index (Phi) is 7.30. The Labute approximate surface area is 196 Å². The summed E-state index contributed by atoms with van der Waals surface area (Å²) in [4.78, 5) is 17.1. The molecule has 1 N–H and O–H groups in total. The fourth-order valence-corrected chi connectivity index (χ4v) is 3.84. The third kappa shape index (κ3) is 5.42. The number of carbonyl (C=O) groups is 1. The zero-order valence-corrected chi connectivity index (χ0v) is 18.9. The molecule has 0 saturated carbocycles. The van der Waals surface area contributed by atoms with Gasteiger partial charge in [0.05, 0.1) is 22.7 Å². The van der Waals surface area contributed by atoms with Crippen LogP contribution in [0.2, 0.25) is 10.0 Å². The van der Waals surface area contributed by atoms with Gasteiger partial charge in [-0.15, -0.1) is 0 Å². The third-order valence-electron chi connectivity index (χ3n) is 5.09. The molecule has 5 nitrogen and oxygen atoms in total. The maximum Gasteiger partial charge on any atom is 0.251 e. The van der Waals surface area contributed by atoms with E-state index >= 15 is 0 Å². The summed E-state index contributed by atoms with van der Waals surface area (Å²) in [6, 6.07) is 22.4. The van der Waals surface area contributed by atoms with E-state index in [2.05, 4.69) is 16.0 Å². The first kappa shape index (κ1) is 22.2. The summed E-state index contributed by atoms with van der Waals surface area (Å²) in [5.74, 6) is 1.49. The highest BCUT2D eigenvalue weighted by atomic mass is 35.5. The predicted octanol–water partition coefficient (Wildman–Crippen LogP) is 5.78. The Hall–Kier alpha value is -3.02. The fourth-order valence-electron chi connectivity index (χ4n) is 3.52. The van der Waals surface area contributed by atoms with Crippen LogP contribution in [0.15, 0.2) is 72.8 Å². The molecule has 0 radical (unpaired) electrons. The largest absolute Gasteiger partial charge is 0.492 e. The monoisotopic (exact) mass is 467 g/mol. The molecule has 164 valence electrons. The van der Waals surface area contributed by atoms with Crippen LogP contribution in [-0.2, 0) is 13.0 Å². The van der Waals surface area contributed by atoms with Crippen molar-refractivity contribution in [2.24, 2.45) is 0 Å². The normalized spacial score (nSPS) is 10.9. The number of ether oxygens (including phenoxy) is 1. The predicted molar refractivity (Wildman–Crippen MR) is 129 cm³/mol. The quantitative estimate of drug-likeness (QED) is 0.317. The van der Waals surface area contributed by atoms with Gasteiger partial charge in [-0.3, -0.25) is 4.79 Å². The number of halogens is 2. The molecule has 0 aliphatic rings. The summed E-state index contributed by atoms with van der Waals surface area (Å²) in [5, 5.41) is 4.17. The number of imidazole rings is 1. The highest BCUT2D eigenvalue weighted by Gasteiger charge is 2.12. The minimum absolute atomic E-state index is 0.127. The average molecular weight is 468 g/mol. The second-order valence-electron chi connectivity index (χ2n) is 7.31. The molecule has 0 spiro atoms. The molecule has 0 atom stereocenters. The van der Waals surface area contributed by atoms with E-state index in [-0.39, 0.29) is 5.91 Å². The molecule has 4 rings (SSSR count). The number of carbonyl (C=O) groups excluding carboxylic acids is 1. The lowest BCUT2D eigenvalue weighted by Crippen LogP contribution is -2.26. The van der Waals surface area contributed by atoms with Crippen molar-refractivity contribution in [3.8, 4) is 5.75 Å². The first-order valence-electron chi connectivity index (χ1n) is 10.5. The molecule has 0 unspecified atom stereocenters. The van der Waals surface area contributed by atoms with Gasteiger partial charge in [0.1, 0.15) is 11.6 Å². The molecule has 1 aromatic heterocycles. The molecule has 0 aliphatic carbocycles. The summed E-state index contributed by atoms with van der Waals surface area (Å²) in [6.45, 7) is 1.79. The van der Waals surface area contributed by atoms with Crippen LogP contribution < -0.4 is 10.1 Å². The van der Waals surface area contributed by atoms with Crippen molar-refractivity contribution in [3.05, 3.63) is 94.2 Å². The van der Waals surface area contributed by atoms with Crippen LogP contribution >= 0.6 is 23.2 Å². The number of rotatable bonds is 9. The van der Waals surface area contributed by atoms with E-state index in [0.717, 1.165) is 29.8 Å². The van der Waals surface area contributed by atoms with Gasteiger partial charge >= 0.3 is 0 Å². The SMILES string of the molecule is O=C(NCCc1nc2ccccc2n1CCCOc1ccccc1Cl)c1ccc(Cl)cc1. The van der Waals surface area contributed by atoms with Crippen molar-refractivity contribution in [2.75, 3.05) is 13.2 Å². The van der Waals surface area contributed by atoms with Crippen molar-refractivity contribution in [3.63, 3.8) is 0 Å². The first-order chi connectivity index (χ1) is 15.6. The molecular weight excluding hydrogens is 445 g/mol. The number of nitrogens with one attached hydrogen (secondary N) is 1. The summed E-state index contributed by atoms with van der Waals surface area (Å²) in [5.41, 5.74) is 2.60. The molecule has 4 aromatic rings. The molecule has 1 heterocycles. The van der Waals surface area contributed by atoms with E-state index < -0.39 is 0 Å². The molecule has 32 heavy (non-hydrogen) atoms. The second-order valence-corrected chi connectivity index (χ2v) is 8.16. The topological polar surface area (TPSA) is 56.2 Å². The Morgan fingerprint density at radius 2 is 1.72 bits per heavy atom. The lowest BCUT2D eigenvalue weighted by atomic mass is 10.2. The van der Waals surface area contributed by atoms with Crippen molar-refractivity contribution in [1.82, 2.24) is 14.9 Å². The number of benzene rings is 3. The van der Waals surface area contributed by atoms with E-state index in [1.54, 1.807) is 24.3 Å². The summed E-state index contributed by atoms with van der Waals surface area (Å²) in [6.07, 6.45) is 1.43. The Balaban J connectivity index is 1.38. The maximum atomic E-state index is 12.4. The molecule has 0 aliphatic heterocycles. The molecule has 1 amide bonds. The number of aromatic nitrogens is 2. The average Bonchev–Trinajstić information content (AvgIpc) is 3.15. The Morgan fingerprint density at radius 3 is 2.53 bits per heavy atom. The molecule has 0 bridgehead atoms. The van der Waals surface area contributed by atoms with Crippen molar-refractivity contribution in [1.29, 1.82) is 0 Å². The number of fused-ring (bicyclic) bond motifs is 1. The zero-order valence-electron chi connectivity index (χ0n) is 17.4. The molecule has 7 heteroatoms. The van der Waals surface area contributed by atoms with E-state index in [0.29, 0.717) is 40.9 Å². The lowest BCUT2D eigenvalue weighted by Gasteiger charge is -2.11. The van der Waals surface area contributed by atoms with Crippen LogP contribution in [0.4, 0.5) is 0 Å². The van der Waals surface area contributed by atoms with Crippen LogP contribution in [0, 0.1) is 0 Å². The first-order valence-corrected chi connectivity index (χ1v) is 11.2. The lowest BCUT2D eigenvalue weighted by molar-refractivity contribution is 0.0954. The number of aryl methyl sites for hydroxylation is 1. The molecule has 0 fully saturated rings. The molecule has 0 saturated heterocycles. The summed E-state index contributed by atoms with van der Waals surface area (Å²) < 4.78 is 8.02. The smallest absolute Gasteiger partial charge is 0.251 e. The molecular formula is C25H23Cl2N3O2. The Bertz CT molecular complexity index is 1210. The number of para-hydroxylation sites is 3. The third-order valence-corrected chi connectivity index (χ3v) is 5.66. The number of hydrogen-bond donors (Lipinski definition) is 1. The van der Waals surface area contributed by atoms with Gasteiger partial charge in [0.15, 0.2) is 0 Å². The maximum absolute atomic E-state index is 12.4. The Morgan fingerprint density at radius 1 is 0.969 bits per heavy atom. The van der Waals surface area contributed by atoms with Gasteiger partial charge in [0, 0.05) is 30.1 Å². The second kappa shape index (κ2) is 10.5. The van der Waals surface area contributed by atoms with Gasteiger partial charge in [-0.25, -0.2) is 4.98 Å². The fraction of sp³-hybridized carbons (Fsp3) is 0.200. The van der Waals surface area contributed by atoms with Gasteiger partial charge < -0.3 is 14.6 Å². The van der Waals surface area contributed by atoms with Crippen LogP contribution in [0.3, 0.4) is 0 Å². The minimum atomic E-state index is -0.127. The minimum Gasteiger partial charge on any atom is -0.492 e. The number of amides is 1. The van der Waals surface area contributed by atoms with Gasteiger partial charge in [-0.05, 0) is 55.0 Å². The standard InChI is InChI=1S/C25H23Cl2N3O2/c26-19-12-10-18(11-13-19)25(31)28-15-14-24-29-21-7-2-3-8-22(21)30(24)16-5-17-32-23-9-4-1-6-20(23)27/h1-4,6-13H,5,14-17H2,(H,28,31). The van der Waals surface area contributed by atoms with Gasteiger partial charge in [0.2, 0.25) is 0 Å². The van der Waals surface area contributed by atoms with Gasteiger partial charge in [-0.2, -0.15) is 0 Å². The summed E-state index contributed by atoms with van der Waals surface area (Å²) in [7, 11) is 0. The van der Waals surface area contributed by atoms with Crippen LogP contribution in [0.25, 0.3) is 11.0 Å². The van der Waals surface area contributed by atoms with E-state index in [1.165, 1.54) is 0 Å². The summed E-state index contributed by atoms with van der Waals surface area (Å²) >= 11 is 12.1. The van der Waals surface area contributed by atoms with E-state index in [4.69, 9.17) is 32.9 Å². The van der Waals surface area contributed by atoms with Crippen molar-refractivity contribution < 1.29 is 9.53 Å². The number of hydrogen-bond acceptors (Lipinski definition) is 3. The highest BCUT2D eigenvalue weighted by molar-refractivity contribution is 6.32. The van der Waals surface area contributed by atoms with Crippen molar-refractivity contribution >= 4 is 40.1 Å². The van der Waals surface area contributed by atoms with Crippen LogP contribution in [-0.4, -0.2) is 28.6 Å². The highest BCUT2D eigenvalue weighted by Crippen LogP contribution is 2.23. The van der Waals surface area contributed by atoms with Crippen LogP contribution in [0.5, 0.6) is 5.75 Å². The van der Waals surface area contributed by atoms with Gasteiger partial charge in [0.25, 0.3) is 5.91 Å². The van der Waals surface area contributed by atoms with Crippen LogP contribution in [0.1, 0.15) is 22.6 Å². The van der Waals surface area contributed by atoms with Gasteiger partial charge in [-0.1, -0.05) is 47.5 Å². The zero-order chi connectivity index (χ0) is 22.3. The molecule has 3 aromatic carbocycles. The van der Waals surface area contributed by atoms with E-state index in [1.807, 2.05) is 42.5 Å². The number of nitrogens with zero attached hydrogens (tertiary/aromatic N) is 2. The van der Waals surface area contributed by atoms with Crippen molar-refractivity contribution in [2.45, 2.75) is 19.4 Å².